The molecule has 0 aromatic rings. The summed E-state index contributed by atoms with van der Waals surface area (Å²) in [7, 11) is 3.66. The summed E-state index contributed by atoms with van der Waals surface area (Å²) in [6.07, 6.45) is 0. The Morgan fingerprint density at radius 1 is 1.09 bits per heavy atom. The van der Waals surface area contributed by atoms with Crippen molar-refractivity contribution in [1.82, 2.24) is 4.90 Å². The van der Waals surface area contributed by atoms with Crippen LogP contribution in [0.1, 0.15) is 20.8 Å². The summed E-state index contributed by atoms with van der Waals surface area (Å²) >= 11 is 0. The lowest BCUT2D eigenvalue weighted by atomic mass is 9.96. The van der Waals surface area contributed by atoms with E-state index in [1.54, 1.807) is 25.7 Å². The van der Waals surface area contributed by atoms with Crippen molar-refractivity contribution in [2.24, 2.45) is 5.92 Å². The van der Waals surface area contributed by atoms with Gasteiger partial charge in [0.25, 0.3) is 0 Å². The van der Waals surface area contributed by atoms with Crippen LogP contribution in [0.15, 0.2) is 0 Å². The Balaban J connectivity index is 4.29. The molecule has 0 amide bonds. The molecule has 0 spiro atoms. The molecule has 0 radical (unpaired) electrons. The molecule has 0 fully saturated rings. The molecule has 3 heteroatoms. The van der Waals surface area contributed by atoms with Crippen LogP contribution in [-0.2, 0) is 0 Å². The first-order valence-electron chi connectivity index (χ1n) is 3.91. The lowest BCUT2D eigenvalue weighted by Crippen LogP contribution is -2.51. The normalized spacial score (nSPS) is 16.1. The van der Waals surface area contributed by atoms with Crippen LogP contribution < -0.4 is 0 Å². The molecule has 0 saturated heterocycles. The molecule has 0 rings (SSSR count). The molecule has 0 aliphatic heterocycles. The number of rotatable bonds is 3. The number of hydrogen-bond acceptors (Lipinski definition) is 3. The standard InChI is InChI=1S/C8H19NO2/c1-6(2)8(10,11)7(3)9(4)5/h6-7,10-11H,1-5H3. The van der Waals surface area contributed by atoms with Crippen LogP contribution in [-0.4, -0.2) is 41.0 Å². The number of likely N-dealkylation sites (N-methyl/N-ethyl adjacent to an activating group) is 1. The van der Waals surface area contributed by atoms with Crippen molar-refractivity contribution < 1.29 is 10.2 Å². The summed E-state index contributed by atoms with van der Waals surface area (Å²) in [6, 6.07) is -0.248. The second-order valence-corrected chi connectivity index (χ2v) is 3.58. The molecule has 2 N–H and O–H groups in total. The van der Waals surface area contributed by atoms with Gasteiger partial charge in [-0.25, -0.2) is 0 Å². The van der Waals surface area contributed by atoms with Crippen LogP contribution in [0.4, 0.5) is 0 Å². The summed E-state index contributed by atoms with van der Waals surface area (Å²) in [4.78, 5) is 1.79. The fraction of sp³-hybridized carbons (Fsp3) is 1.00. The van der Waals surface area contributed by atoms with Gasteiger partial charge in [-0.05, 0) is 21.0 Å². The molecule has 0 aromatic carbocycles. The van der Waals surface area contributed by atoms with Crippen molar-refractivity contribution in [1.29, 1.82) is 0 Å². The molecular formula is C8H19NO2. The van der Waals surface area contributed by atoms with Gasteiger partial charge in [0.1, 0.15) is 0 Å². The average molecular weight is 161 g/mol. The van der Waals surface area contributed by atoms with Crippen LogP contribution in [0, 0.1) is 5.92 Å². The molecule has 1 atom stereocenters. The second-order valence-electron chi connectivity index (χ2n) is 3.58. The lowest BCUT2D eigenvalue weighted by Gasteiger charge is -2.36. The van der Waals surface area contributed by atoms with E-state index in [0.29, 0.717) is 0 Å². The van der Waals surface area contributed by atoms with Gasteiger partial charge in [-0.2, -0.15) is 0 Å². The second kappa shape index (κ2) is 3.52. The van der Waals surface area contributed by atoms with Gasteiger partial charge < -0.3 is 15.1 Å². The molecule has 0 aromatic heterocycles. The average Bonchev–Trinajstić information content (AvgIpc) is 1.85. The van der Waals surface area contributed by atoms with E-state index < -0.39 is 5.79 Å². The topological polar surface area (TPSA) is 43.7 Å². The number of aliphatic hydroxyl groups is 2. The summed E-state index contributed by atoms with van der Waals surface area (Å²) in [5.41, 5.74) is 0. The van der Waals surface area contributed by atoms with Gasteiger partial charge in [0.05, 0.1) is 6.04 Å². The first-order valence-corrected chi connectivity index (χ1v) is 3.91. The lowest BCUT2D eigenvalue weighted by molar-refractivity contribution is -0.225. The van der Waals surface area contributed by atoms with Crippen LogP contribution in [0.3, 0.4) is 0 Å². The Morgan fingerprint density at radius 2 is 1.45 bits per heavy atom. The van der Waals surface area contributed by atoms with Gasteiger partial charge in [0.2, 0.25) is 0 Å². The highest BCUT2D eigenvalue weighted by atomic mass is 16.5. The summed E-state index contributed by atoms with van der Waals surface area (Å²) in [5.74, 6) is -1.75. The third-order valence-electron chi connectivity index (χ3n) is 2.24. The molecule has 0 aliphatic rings. The Morgan fingerprint density at radius 3 is 1.55 bits per heavy atom. The van der Waals surface area contributed by atoms with E-state index >= 15 is 0 Å². The first kappa shape index (κ1) is 10.9. The van der Waals surface area contributed by atoms with Gasteiger partial charge in [0.15, 0.2) is 5.79 Å². The highest BCUT2D eigenvalue weighted by Gasteiger charge is 2.35. The van der Waals surface area contributed by atoms with Crippen LogP contribution in [0.2, 0.25) is 0 Å². The Bertz CT molecular complexity index is 121. The van der Waals surface area contributed by atoms with E-state index in [4.69, 9.17) is 0 Å². The van der Waals surface area contributed by atoms with Gasteiger partial charge in [-0.15, -0.1) is 0 Å². The fourth-order valence-electron chi connectivity index (χ4n) is 0.862. The van der Waals surface area contributed by atoms with Crippen LogP contribution in [0.25, 0.3) is 0 Å². The van der Waals surface area contributed by atoms with Crippen molar-refractivity contribution in [3.05, 3.63) is 0 Å². The molecule has 1 unspecified atom stereocenters. The summed E-state index contributed by atoms with van der Waals surface area (Å²) < 4.78 is 0. The number of hydrogen-bond donors (Lipinski definition) is 2. The maximum absolute atomic E-state index is 9.54. The van der Waals surface area contributed by atoms with E-state index in [1.807, 2.05) is 14.1 Å². The minimum absolute atomic E-state index is 0.153. The zero-order valence-corrected chi connectivity index (χ0v) is 8.00. The van der Waals surface area contributed by atoms with E-state index in [9.17, 15) is 10.2 Å². The van der Waals surface area contributed by atoms with Gasteiger partial charge >= 0.3 is 0 Å². The van der Waals surface area contributed by atoms with Crippen LogP contribution in [0.5, 0.6) is 0 Å². The smallest absolute Gasteiger partial charge is 0.180 e. The Kier molecular flexibility index (Phi) is 3.48. The molecule has 3 nitrogen and oxygen atoms in total. The SMILES string of the molecule is CC(C)C(O)(O)C(C)N(C)C. The number of nitrogens with zero attached hydrogens (tertiary/aromatic N) is 1. The largest absolute Gasteiger partial charge is 0.364 e. The van der Waals surface area contributed by atoms with Gasteiger partial charge in [0, 0.05) is 5.92 Å². The molecule has 68 valence electrons. The quantitative estimate of drug-likeness (QED) is 0.584. The van der Waals surface area contributed by atoms with E-state index in [2.05, 4.69) is 0 Å². The Hall–Kier alpha value is -0.120. The maximum Gasteiger partial charge on any atom is 0.180 e. The van der Waals surface area contributed by atoms with Crippen molar-refractivity contribution in [2.45, 2.75) is 32.6 Å². The van der Waals surface area contributed by atoms with Crippen molar-refractivity contribution in [3.8, 4) is 0 Å². The molecule has 0 aliphatic carbocycles. The predicted octanol–water partition coefficient (Wildman–Crippen LogP) is 0.273. The van der Waals surface area contributed by atoms with Crippen molar-refractivity contribution in [3.63, 3.8) is 0 Å². The van der Waals surface area contributed by atoms with Gasteiger partial charge in [-0.1, -0.05) is 13.8 Å². The minimum atomic E-state index is -1.59. The van der Waals surface area contributed by atoms with Crippen molar-refractivity contribution in [2.75, 3.05) is 14.1 Å². The third-order valence-corrected chi connectivity index (χ3v) is 2.24. The Labute approximate surface area is 68.6 Å². The zero-order valence-electron chi connectivity index (χ0n) is 8.00. The highest BCUT2D eigenvalue weighted by molar-refractivity contribution is 4.80. The first-order chi connectivity index (χ1) is 4.80. The highest BCUT2D eigenvalue weighted by Crippen LogP contribution is 2.20. The zero-order chi connectivity index (χ0) is 9.23. The minimum Gasteiger partial charge on any atom is -0.364 e. The maximum atomic E-state index is 9.54. The van der Waals surface area contributed by atoms with Gasteiger partial charge in [-0.3, -0.25) is 0 Å². The molecule has 0 heterocycles. The monoisotopic (exact) mass is 161 g/mol. The third kappa shape index (κ3) is 2.43. The van der Waals surface area contributed by atoms with Crippen molar-refractivity contribution >= 4 is 0 Å². The predicted molar refractivity (Wildman–Crippen MR) is 45.2 cm³/mol. The summed E-state index contributed by atoms with van der Waals surface area (Å²) in [6.45, 7) is 5.38. The summed E-state index contributed by atoms with van der Waals surface area (Å²) in [5, 5.41) is 19.1. The fourth-order valence-corrected chi connectivity index (χ4v) is 0.862. The van der Waals surface area contributed by atoms with Crippen LogP contribution >= 0.6 is 0 Å². The molecule has 0 bridgehead atoms. The molecule has 0 saturated carbocycles. The molecule has 11 heavy (non-hydrogen) atoms. The van der Waals surface area contributed by atoms with E-state index in [0.717, 1.165) is 0 Å². The van der Waals surface area contributed by atoms with E-state index in [-0.39, 0.29) is 12.0 Å². The molecular weight excluding hydrogens is 142 g/mol. The van der Waals surface area contributed by atoms with E-state index in [1.165, 1.54) is 0 Å².